The lowest BCUT2D eigenvalue weighted by atomic mass is 10.3. The van der Waals surface area contributed by atoms with Crippen LogP contribution in [0.1, 0.15) is 5.56 Å². The molecule has 0 saturated carbocycles. The van der Waals surface area contributed by atoms with Crippen molar-refractivity contribution < 1.29 is 9.90 Å². The summed E-state index contributed by atoms with van der Waals surface area (Å²) in [6, 6.07) is 1.19. The largest absolute Gasteiger partial charge is 0.503 e. The first kappa shape index (κ1) is 8.08. The topological polar surface area (TPSA) is 70.2 Å². The van der Waals surface area contributed by atoms with Crippen molar-refractivity contribution in [3.8, 4) is 17.6 Å². The van der Waals surface area contributed by atoms with Crippen LogP contribution < -0.4 is 5.56 Å². The fraction of sp³-hybridized carbons (Fsp3) is 0. The average molecular weight is 163 g/mol. The molecule has 0 aromatic carbocycles. The van der Waals surface area contributed by atoms with Crippen molar-refractivity contribution in [3.63, 3.8) is 0 Å². The Kier molecular flexibility index (Phi) is 2.29. The van der Waals surface area contributed by atoms with E-state index >= 15 is 0 Å². The number of aromatic nitrogens is 1. The minimum atomic E-state index is -0.577. The molecule has 0 saturated heterocycles. The standard InChI is InChI=1S/C8H5NO3/c10-3-1-2-6-4-7(11)8(12)9-5-6/h3-5,11H,(H,9,12). The van der Waals surface area contributed by atoms with Gasteiger partial charge in [-0.05, 0) is 5.92 Å². The SMILES string of the molecule is O=CC#Cc1c[nH]c(=O)c(O)c1. The summed E-state index contributed by atoms with van der Waals surface area (Å²) < 4.78 is 0. The highest BCUT2D eigenvalue weighted by atomic mass is 16.3. The van der Waals surface area contributed by atoms with E-state index in [0.29, 0.717) is 11.8 Å². The summed E-state index contributed by atoms with van der Waals surface area (Å²) in [6.45, 7) is 0. The normalized spacial score (nSPS) is 8.33. The van der Waals surface area contributed by atoms with Gasteiger partial charge in [0.05, 0.1) is 0 Å². The Labute approximate surface area is 67.9 Å². The highest BCUT2D eigenvalue weighted by Crippen LogP contribution is 2.00. The highest BCUT2D eigenvalue weighted by Gasteiger charge is 1.94. The zero-order chi connectivity index (χ0) is 8.97. The molecule has 0 amide bonds. The molecule has 0 aliphatic carbocycles. The van der Waals surface area contributed by atoms with E-state index in [-0.39, 0.29) is 0 Å². The van der Waals surface area contributed by atoms with Crippen LogP contribution in [0.4, 0.5) is 0 Å². The molecule has 4 nitrogen and oxygen atoms in total. The second-order valence-corrected chi connectivity index (χ2v) is 1.99. The molecule has 1 heterocycles. The quantitative estimate of drug-likeness (QED) is 0.405. The van der Waals surface area contributed by atoms with Gasteiger partial charge in [-0.25, -0.2) is 0 Å². The Morgan fingerprint density at radius 3 is 2.92 bits per heavy atom. The predicted octanol–water partition coefficient (Wildman–Crippen LogP) is -0.369. The molecule has 0 atom stereocenters. The molecule has 0 spiro atoms. The third-order valence-corrected chi connectivity index (χ3v) is 1.16. The molecule has 1 aromatic heterocycles. The molecular formula is C8H5NO3. The number of aromatic hydroxyl groups is 1. The minimum Gasteiger partial charge on any atom is -0.503 e. The van der Waals surface area contributed by atoms with Crippen LogP contribution in [-0.4, -0.2) is 16.4 Å². The van der Waals surface area contributed by atoms with E-state index in [2.05, 4.69) is 16.8 Å². The number of rotatable bonds is 0. The maximum absolute atomic E-state index is 10.6. The summed E-state index contributed by atoms with van der Waals surface area (Å²) >= 11 is 0. The second-order valence-electron chi connectivity index (χ2n) is 1.99. The van der Waals surface area contributed by atoms with E-state index < -0.39 is 11.3 Å². The van der Waals surface area contributed by atoms with E-state index in [1.807, 2.05) is 0 Å². The summed E-state index contributed by atoms with van der Waals surface area (Å²) in [7, 11) is 0. The molecule has 0 radical (unpaired) electrons. The van der Waals surface area contributed by atoms with Gasteiger partial charge in [0, 0.05) is 17.8 Å². The first-order chi connectivity index (χ1) is 5.74. The number of hydrogen-bond acceptors (Lipinski definition) is 3. The monoisotopic (exact) mass is 163 g/mol. The number of nitrogens with one attached hydrogen (secondary N) is 1. The van der Waals surface area contributed by atoms with Gasteiger partial charge in [-0.2, -0.15) is 0 Å². The Bertz CT molecular complexity index is 408. The fourth-order valence-corrected chi connectivity index (χ4v) is 0.657. The number of carbonyl (C=O) groups excluding carboxylic acids is 1. The van der Waals surface area contributed by atoms with E-state index in [1.165, 1.54) is 12.3 Å². The summed E-state index contributed by atoms with van der Waals surface area (Å²) in [6.07, 6.45) is 1.75. The van der Waals surface area contributed by atoms with Crippen LogP contribution in [0.25, 0.3) is 0 Å². The maximum atomic E-state index is 10.6. The van der Waals surface area contributed by atoms with Gasteiger partial charge < -0.3 is 10.1 Å². The molecular weight excluding hydrogens is 158 g/mol. The minimum absolute atomic E-state index is 0.388. The third-order valence-electron chi connectivity index (χ3n) is 1.16. The van der Waals surface area contributed by atoms with Crippen LogP contribution in [0.5, 0.6) is 5.75 Å². The van der Waals surface area contributed by atoms with Crippen LogP contribution in [0.3, 0.4) is 0 Å². The van der Waals surface area contributed by atoms with Crippen LogP contribution in [0.2, 0.25) is 0 Å². The van der Waals surface area contributed by atoms with E-state index in [4.69, 9.17) is 5.11 Å². The molecule has 0 aliphatic heterocycles. The van der Waals surface area contributed by atoms with Gasteiger partial charge >= 0.3 is 0 Å². The summed E-state index contributed by atoms with van der Waals surface area (Å²) in [5.41, 5.74) is -0.189. The zero-order valence-corrected chi connectivity index (χ0v) is 6.00. The Balaban J connectivity index is 3.13. The van der Waals surface area contributed by atoms with Crippen molar-refractivity contribution in [2.24, 2.45) is 0 Å². The van der Waals surface area contributed by atoms with E-state index in [9.17, 15) is 9.59 Å². The van der Waals surface area contributed by atoms with Gasteiger partial charge in [0.2, 0.25) is 0 Å². The molecule has 1 rings (SSSR count). The number of H-pyrrole nitrogens is 1. The summed E-state index contributed by atoms with van der Waals surface area (Å²) in [5.74, 6) is 4.15. The van der Waals surface area contributed by atoms with Gasteiger partial charge in [0.15, 0.2) is 12.0 Å². The number of pyridine rings is 1. The highest BCUT2D eigenvalue weighted by molar-refractivity contribution is 5.73. The predicted molar refractivity (Wildman–Crippen MR) is 41.7 cm³/mol. The maximum Gasteiger partial charge on any atom is 0.290 e. The molecule has 0 unspecified atom stereocenters. The van der Waals surface area contributed by atoms with Crippen LogP contribution in [0.15, 0.2) is 17.1 Å². The van der Waals surface area contributed by atoms with Crippen LogP contribution >= 0.6 is 0 Å². The molecule has 60 valence electrons. The van der Waals surface area contributed by atoms with E-state index in [1.54, 1.807) is 0 Å². The lowest BCUT2D eigenvalue weighted by Gasteiger charge is -1.90. The fourth-order valence-electron chi connectivity index (χ4n) is 0.657. The van der Waals surface area contributed by atoms with Crippen molar-refractivity contribution in [1.29, 1.82) is 0 Å². The number of hydrogen-bond donors (Lipinski definition) is 2. The third kappa shape index (κ3) is 1.73. The Morgan fingerprint density at radius 2 is 2.33 bits per heavy atom. The lowest BCUT2D eigenvalue weighted by Crippen LogP contribution is -2.03. The Hall–Kier alpha value is -2.02. The molecule has 4 heteroatoms. The number of aromatic amines is 1. The van der Waals surface area contributed by atoms with Crippen molar-refractivity contribution in [2.75, 3.05) is 0 Å². The van der Waals surface area contributed by atoms with Gasteiger partial charge in [0.25, 0.3) is 5.56 Å². The van der Waals surface area contributed by atoms with Crippen molar-refractivity contribution in [3.05, 3.63) is 28.2 Å². The Morgan fingerprint density at radius 1 is 1.58 bits per heavy atom. The zero-order valence-electron chi connectivity index (χ0n) is 6.00. The molecule has 2 N–H and O–H groups in total. The molecule has 12 heavy (non-hydrogen) atoms. The second kappa shape index (κ2) is 3.39. The molecule has 0 aliphatic rings. The molecule has 1 aromatic rings. The van der Waals surface area contributed by atoms with Crippen molar-refractivity contribution >= 4 is 6.29 Å². The van der Waals surface area contributed by atoms with Gasteiger partial charge in [-0.1, -0.05) is 5.92 Å². The van der Waals surface area contributed by atoms with Gasteiger partial charge in [-0.15, -0.1) is 0 Å². The molecule has 0 bridgehead atoms. The number of aldehydes is 1. The first-order valence-corrected chi connectivity index (χ1v) is 3.11. The van der Waals surface area contributed by atoms with Gasteiger partial charge in [-0.3, -0.25) is 9.59 Å². The number of carbonyl (C=O) groups is 1. The van der Waals surface area contributed by atoms with Crippen molar-refractivity contribution in [2.45, 2.75) is 0 Å². The first-order valence-electron chi connectivity index (χ1n) is 3.11. The summed E-state index contributed by atoms with van der Waals surface area (Å²) in [4.78, 5) is 22.7. The van der Waals surface area contributed by atoms with Crippen LogP contribution in [0, 0.1) is 11.8 Å². The van der Waals surface area contributed by atoms with Gasteiger partial charge in [0.1, 0.15) is 0 Å². The molecule has 0 fully saturated rings. The average Bonchev–Trinajstić information content (AvgIpc) is 2.07. The lowest BCUT2D eigenvalue weighted by molar-refractivity contribution is -0.103. The van der Waals surface area contributed by atoms with E-state index in [0.717, 1.165) is 0 Å². The summed E-state index contributed by atoms with van der Waals surface area (Å²) in [5, 5.41) is 8.90. The smallest absolute Gasteiger partial charge is 0.290 e. The van der Waals surface area contributed by atoms with Crippen molar-refractivity contribution in [1.82, 2.24) is 4.98 Å². The van der Waals surface area contributed by atoms with Crippen LogP contribution in [-0.2, 0) is 4.79 Å².